The second-order valence-electron chi connectivity index (χ2n) is 3.02. The molecule has 1 saturated carbocycles. The topological polar surface area (TPSA) is 12.9 Å². The minimum Gasteiger partial charge on any atom is -0.249 e. The Bertz CT molecular complexity index is 222. The fraction of sp³-hybridized carbons (Fsp3) is 0.625. The van der Waals surface area contributed by atoms with Crippen molar-refractivity contribution in [2.75, 3.05) is 0 Å². The predicted octanol–water partition coefficient (Wildman–Crippen LogP) is 3.02. The van der Waals surface area contributed by atoms with Crippen molar-refractivity contribution in [2.24, 2.45) is 0 Å². The first kappa shape index (κ1) is 7.56. The van der Waals surface area contributed by atoms with Gasteiger partial charge in [-0.15, -0.1) is 22.9 Å². The zero-order valence-electron chi connectivity index (χ0n) is 6.16. The minimum absolute atomic E-state index is 0.390. The molecule has 0 N–H and O–H groups in total. The third-order valence-electron chi connectivity index (χ3n) is 2.24. The Morgan fingerprint density at radius 3 is 3.00 bits per heavy atom. The fourth-order valence-electron chi connectivity index (χ4n) is 1.62. The van der Waals surface area contributed by atoms with Crippen molar-refractivity contribution in [3.05, 3.63) is 16.6 Å². The smallest absolute Gasteiger partial charge is 0.0794 e. The lowest BCUT2D eigenvalue weighted by Gasteiger charge is -2.03. The van der Waals surface area contributed by atoms with Crippen LogP contribution in [0.5, 0.6) is 0 Å². The number of halogens is 1. The van der Waals surface area contributed by atoms with Crippen molar-refractivity contribution >= 4 is 22.9 Å². The van der Waals surface area contributed by atoms with Gasteiger partial charge in [0, 0.05) is 16.7 Å². The molecule has 3 heteroatoms. The summed E-state index contributed by atoms with van der Waals surface area (Å²) in [6.07, 6.45) is 3.49. The van der Waals surface area contributed by atoms with Crippen LogP contribution in [0.25, 0.3) is 0 Å². The molecule has 2 atom stereocenters. The van der Waals surface area contributed by atoms with Crippen molar-refractivity contribution in [3.63, 3.8) is 0 Å². The molecule has 60 valence electrons. The molecule has 0 saturated heterocycles. The standard InChI is InChI=1S/C8H10ClNS/c9-7-2-1-6(3-7)8-4-11-5-10-8/h4-7H,1-3H2. The van der Waals surface area contributed by atoms with Crippen LogP contribution >= 0.6 is 22.9 Å². The summed E-state index contributed by atoms with van der Waals surface area (Å²) in [5, 5.41) is 2.53. The van der Waals surface area contributed by atoms with Gasteiger partial charge in [-0.3, -0.25) is 0 Å². The van der Waals surface area contributed by atoms with E-state index in [9.17, 15) is 0 Å². The highest BCUT2D eigenvalue weighted by Crippen LogP contribution is 2.36. The summed E-state index contributed by atoms with van der Waals surface area (Å²) >= 11 is 7.67. The molecule has 1 heterocycles. The first-order chi connectivity index (χ1) is 5.36. The Morgan fingerprint density at radius 1 is 1.55 bits per heavy atom. The predicted molar refractivity (Wildman–Crippen MR) is 48.3 cm³/mol. The maximum absolute atomic E-state index is 6.00. The third-order valence-corrected chi connectivity index (χ3v) is 3.24. The van der Waals surface area contributed by atoms with Gasteiger partial charge < -0.3 is 0 Å². The average molecular weight is 188 g/mol. The summed E-state index contributed by atoms with van der Waals surface area (Å²) in [5.74, 6) is 0.642. The van der Waals surface area contributed by atoms with Crippen LogP contribution in [0.3, 0.4) is 0 Å². The molecule has 0 spiro atoms. The van der Waals surface area contributed by atoms with Gasteiger partial charge in [0.25, 0.3) is 0 Å². The van der Waals surface area contributed by atoms with Crippen LogP contribution in [-0.4, -0.2) is 10.4 Å². The quantitative estimate of drug-likeness (QED) is 0.616. The molecule has 0 radical (unpaired) electrons. The van der Waals surface area contributed by atoms with Crippen LogP contribution in [-0.2, 0) is 0 Å². The second-order valence-corrected chi connectivity index (χ2v) is 4.36. The number of hydrogen-bond donors (Lipinski definition) is 0. The van der Waals surface area contributed by atoms with Gasteiger partial charge in [0.1, 0.15) is 0 Å². The second kappa shape index (κ2) is 3.11. The Balaban J connectivity index is 2.08. The minimum atomic E-state index is 0.390. The van der Waals surface area contributed by atoms with Crippen LogP contribution in [0.4, 0.5) is 0 Å². The Kier molecular flexibility index (Phi) is 2.14. The summed E-state index contributed by atoms with van der Waals surface area (Å²) < 4.78 is 0. The van der Waals surface area contributed by atoms with Crippen molar-refractivity contribution in [3.8, 4) is 0 Å². The molecule has 11 heavy (non-hydrogen) atoms. The molecule has 1 aromatic rings. The normalized spacial score (nSPS) is 31.0. The van der Waals surface area contributed by atoms with Gasteiger partial charge >= 0.3 is 0 Å². The zero-order chi connectivity index (χ0) is 7.68. The number of nitrogens with zero attached hydrogens (tertiary/aromatic N) is 1. The van der Waals surface area contributed by atoms with E-state index in [-0.39, 0.29) is 0 Å². The molecule has 0 amide bonds. The molecule has 2 rings (SSSR count). The van der Waals surface area contributed by atoms with Crippen molar-refractivity contribution in [2.45, 2.75) is 30.6 Å². The van der Waals surface area contributed by atoms with Crippen LogP contribution in [0.2, 0.25) is 0 Å². The van der Waals surface area contributed by atoms with E-state index in [0.29, 0.717) is 11.3 Å². The summed E-state index contributed by atoms with van der Waals surface area (Å²) in [7, 11) is 0. The van der Waals surface area contributed by atoms with Gasteiger partial charge in [-0.1, -0.05) is 0 Å². The Labute approximate surface area is 75.4 Å². The summed E-state index contributed by atoms with van der Waals surface area (Å²) in [6, 6.07) is 0. The fourth-order valence-corrected chi connectivity index (χ4v) is 2.60. The molecular formula is C8H10ClNS. The Morgan fingerprint density at radius 2 is 2.45 bits per heavy atom. The lowest BCUT2D eigenvalue weighted by Crippen LogP contribution is -1.93. The summed E-state index contributed by atoms with van der Waals surface area (Å²) in [6.45, 7) is 0. The molecule has 1 aliphatic carbocycles. The third kappa shape index (κ3) is 1.57. The molecule has 1 nitrogen and oxygen atoms in total. The van der Waals surface area contributed by atoms with Crippen LogP contribution < -0.4 is 0 Å². The van der Waals surface area contributed by atoms with Crippen molar-refractivity contribution in [1.29, 1.82) is 0 Å². The van der Waals surface area contributed by atoms with E-state index in [1.54, 1.807) is 11.3 Å². The molecule has 0 bridgehead atoms. The van der Waals surface area contributed by atoms with E-state index in [2.05, 4.69) is 10.4 Å². The van der Waals surface area contributed by atoms with Crippen LogP contribution in [0.15, 0.2) is 10.9 Å². The van der Waals surface area contributed by atoms with Crippen molar-refractivity contribution < 1.29 is 0 Å². The first-order valence-corrected chi connectivity index (χ1v) is 5.26. The zero-order valence-corrected chi connectivity index (χ0v) is 7.74. The highest BCUT2D eigenvalue weighted by Gasteiger charge is 2.25. The molecule has 2 unspecified atom stereocenters. The van der Waals surface area contributed by atoms with E-state index in [1.807, 2.05) is 5.51 Å². The lowest BCUT2D eigenvalue weighted by atomic mass is 10.1. The maximum Gasteiger partial charge on any atom is 0.0794 e. The van der Waals surface area contributed by atoms with Crippen LogP contribution in [0, 0.1) is 0 Å². The largest absolute Gasteiger partial charge is 0.249 e. The number of alkyl halides is 1. The van der Waals surface area contributed by atoms with E-state index >= 15 is 0 Å². The molecule has 0 aliphatic heterocycles. The van der Waals surface area contributed by atoms with Gasteiger partial charge in [-0.25, -0.2) is 4.98 Å². The molecule has 1 aliphatic rings. The van der Waals surface area contributed by atoms with Gasteiger partial charge in [0.05, 0.1) is 11.2 Å². The van der Waals surface area contributed by atoms with Crippen molar-refractivity contribution in [1.82, 2.24) is 4.98 Å². The lowest BCUT2D eigenvalue weighted by molar-refractivity contribution is 0.704. The summed E-state index contributed by atoms with van der Waals surface area (Å²) in [4.78, 5) is 4.29. The number of hydrogen-bond acceptors (Lipinski definition) is 2. The highest BCUT2D eigenvalue weighted by atomic mass is 35.5. The summed E-state index contributed by atoms with van der Waals surface area (Å²) in [5.41, 5.74) is 3.15. The van der Waals surface area contributed by atoms with Gasteiger partial charge in [-0.05, 0) is 19.3 Å². The molecule has 1 fully saturated rings. The van der Waals surface area contributed by atoms with E-state index in [1.165, 1.54) is 12.1 Å². The first-order valence-electron chi connectivity index (χ1n) is 3.88. The highest BCUT2D eigenvalue weighted by molar-refractivity contribution is 7.07. The van der Waals surface area contributed by atoms with E-state index < -0.39 is 0 Å². The SMILES string of the molecule is ClC1CCC(c2cscn2)C1. The molecule has 1 aromatic heterocycles. The van der Waals surface area contributed by atoms with Gasteiger partial charge in [0.15, 0.2) is 0 Å². The van der Waals surface area contributed by atoms with E-state index in [4.69, 9.17) is 11.6 Å². The monoisotopic (exact) mass is 187 g/mol. The van der Waals surface area contributed by atoms with Crippen LogP contribution in [0.1, 0.15) is 30.9 Å². The van der Waals surface area contributed by atoms with Gasteiger partial charge in [-0.2, -0.15) is 0 Å². The van der Waals surface area contributed by atoms with Gasteiger partial charge in [0.2, 0.25) is 0 Å². The number of thiazole rings is 1. The van der Waals surface area contributed by atoms with E-state index in [0.717, 1.165) is 12.8 Å². The number of rotatable bonds is 1. The Hall–Kier alpha value is -0.0800. The maximum atomic E-state index is 6.00. The molecular weight excluding hydrogens is 178 g/mol. The molecule has 0 aromatic carbocycles. The number of aromatic nitrogens is 1. The average Bonchev–Trinajstić information content (AvgIpc) is 2.55.